The lowest BCUT2D eigenvalue weighted by Crippen LogP contribution is -1.91. The molecule has 16 heavy (non-hydrogen) atoms. The highest BCUT2D eigenvalue weighted by Crippen LogP contribution is 2.11. The van der Waals surface area contributed by atoms with Crippen molar-refractivity contribution in [2.45, 2.75) is 32.6 Å². The first-order chi connectivity index (χ1) is 7.72. The first kappa shape index (κ1) is 13.2. The van der Waals surface area contributed by atoms with Gasteiger partial charge < -0.3 is 0 Å². The van der Waals surface area contributed by atoms with E-state index in [9.17, 15) is 4.79 Å². The molecule has 0 saturated heterocycles. The van der Waals surface area contributed by atoms with E-state index in [4.69, 9.17) is 0 Å². The molecule has 0 spiro atoms. The first-order valence-corrected chi connectivity index (χ1v) is 6.48. The van der Waals surface area contributed by atoms with Gasteiger partial charge in [0.1, 0.15) is 0 Å². The number of hydrogen-bond acceptors (Lipinski definition) is 1. The smallest absolute Gasteiger partial charge is 0.155 e. The minimum Gasteiger partial charge on any atom is -0.295 e. The van der Waals surface area contributed by atoms with Gasteiger partial charge in [0, 0.05) is 10.9 Å². The number of unbranched alkanes of at least 4 members (excludes halogenated alkanes) is 2. The molecular weight excluding hydrogens is 264 g/mol. The maximum atomic E-state index is 11.5. The predicted molar refractivity (Wildman–Crippen MR) is 72.3 cm³/mol. The van der Waals surface area contributed by atoms with E-state index < -0.39 is 0 Å². The molecule has 0 fully saturated rings. The minimum atomic E-state index is 0.219. The monoisotopic (exact) mass is 280 g/mol. The SMILES string of the molecule is CCCCCC(=O)C=Cc1ccc(Br)cc1. The van der Waals surface area contributed by atoms with Crippen LogP contribution in [0.25, 0.3) is 6.08 Å². The molecule has 1 aromatic rings. The van der Waals surface area contributed by atoms with Crippen molar-refractivity contribution in [3.8, 4) is 0 Å². The van der Waals surface area contributed by atoms with Crippen molar-refractivity contribution < 1.29 is 4.79 Å². The molecule has 2 heteroatoms. The number of carbonyl (C=O) groups is 1. The van der Waals surface area contributed by atoms with E-state index in [1.165, 1.54) is 0 Å². The molecule has 1 rings (SSSR count). The Morgan fingerprint density at radius 2 is 1.94 bits per heavy atom. The van der Waals surface area contributed by atoms with E-state index in [0.29, 0.717) is 6.42 Å². The second-order valence-corrected chi connectivity index (χ2v) is 4.72. The zero-order chi connectivity index (χ0) is 11.8. The van der Waals surface area contributed by atoms with Crippen LogP contribution < -0.4 is 0 Å². The maximum absolute atomic E-state index is 11.5. The summed E-state index contributed by atoms with van der Waals surface area (Å²) in [7, 11) is 0. The summed E-state index contributed by atoms with van der Waals surface area (Å²) in [6.45, 7) is 2.14. The van der Waals surface area contributed by atoms with Crippen molar-refractivity contribution >= 4 is 27.8 Å². The third kappa shape index (κ3) is 5.26. The standard InChI is InChI=1S/C14H17BrO/c1-2-3-4-5-14(16)11-8-12-6-9-13(15)10-7-12/h6-11H,2-5H2,1H3. The van der Waals surface area contributed by atoms with Gasteiger partial charge in [-0.3, -0.25) is 4.79 Å². The second-order valence-electron chi connectivity index (χ2n) is 3.81. The Morgan fingerprint density at radius 3 is 2.56 bits per heavy atom. The molecule has 0 atom stereocenters. The summed E-state index contributed by atoms with van der Waals surface area (Å²) in [5.41, 5.74) is 1.06. The van der Waals surface area contributed by atoms with Gasteiger partial charge in [-0.2, -0.15) is 0 Å². The first-order valence-electron chi connectivity index (χ1n) is 5.69. The van der Waals surface area contributed by atoms with E-state index >= 15 is 0 Å². The lowest BCUT2D eigenvalue weighted by molar-refractivity contribution is -0.114. The van der Waals surface area contributed by atoms with Crippen LogP contribution in [0.3, 0.4) is 0 Å². The van der Waals surface area contributed by atoms with Crippen molar-refractivity contribution in [3.63, 3.8) is 0 Å². The number of benzene rings is 1. The van der Waals surface area contributed by atoms with Crippen LogP contribution in [0.15, 0.2) is 34.8 Å². The lowest BCUT2D eigenvalue weighted by atomic mass is 10.1. The molecule has 0 aliphatic heterocycles. The largest absolute Gasteiger partial charge is 0.295 e. The summed E-state index contributed by atoms with van der Waals surface area (Å²) >= 11 is 3.38. The molecule has 86 valence electrons. The molecule has 0 amide bonds. The van der Waals surface area contributed by atoms with Crippen LogP contribution in [0.5, 0.6) is 0 Å². The molecule has 0 bridgehead atoms. The van der Waals surface area contributed by atoms with Gasteiger partial charge in [-0.15, -0.1) is 0 Å². The Balaban J connectivity index is 2.41. The molecule has 0 aliphatic carbocycles. The summed E-state index contributed by atoms with van der Waals surface area (Å²) in [6, 6.07) is 7.92. The topological polar surface area (TPSA) is 17.1 Å². The summed E-state index contributed by atoms with van der Waals surface area (Å²) in [6.07, 6.45) is 7.52. The highest BCUT2D eigenvalue weighted by atomic mass is 79.9. The zero-order valence-corrected chi connectivity index (χ0v) is 11.2. The number of hydrogen-bond donors (Lipinski definition) is 0. The third-order valence-corrected chi connectivity index (χ3v) is 2.89. The Hall–Kier alpha value is -0.890. The maximum Gasteiger partial charge on any atom is 0.155 e. The number of allylic oxidation sites excluding steroid dienone is 1. The fourth-order valence-corrected chi connectivity index (χ4v) is 1.66. The number of halogens is 1. The van der Waals surface area contributed by atoms with Gasteiger partial charge in [0.25, 0.3) is 0 Å². The summed E-state index contributed by atoms with van der Waals surface area (Å²) in [5, 5.41) is 0. The Morgan fingerprint density at radius 1 is 1.25 bits per heavy atom. The van der Waals surface area contributed by atoms with E-state index in [2.05, 4.69) is 22.9 Å². The van der Waals surface area contributed by atoms with E-state index in [-0.39, 0.29) is 5.78 Å². The van der Waals surface area contributed by atoms with E-state index in [1.54, 1.807) is 6.08 Å². The fourth-order valence-electron chi connectivity index (χ4n) is 1.40. The van der Waals surface area contributed by atoms with Crippen LogP contribution >= 0.6 is 15.9 Å². The minimum absolute atomic E-state index is 0.219. The Labute approximate surface area is 106 Å². The van der Waals surface area contributed by atoms with Crippen molar-refractivity contribution in [1.29, 1.82) is 0 Å². The normalized spacial score (nSPS) is 10.9. The number of carbonyl (C=O) groups excluding carboxylic acids is 1. The fraction of sp³-hybridized carbons (Fsp3) is 0.357. The van der Waals surface area contributed by atoms with E-state index in [1.807, 2.05) is 30.3 Å². The predicted octanol–water partition coefficient (Wildman–Crippen LogP) is 4.61. The quantitative estimate of drug-likeness (QED) is 0.549. The van der Waals surface area contributed by atoms with Crippen LogP contribution in [0.1, 0.15) is 38.2 Å². The van der Waals surface area contributed by atoms with Crippen molar-refractivity contribution in [3.05, 3.63) is 40.4 Å². The number of ketones is 1. The summed E-state index contributed by atoms with van der Waals surface area (Å²) in [4.78, 5) is 11.5. The van der Waals surface area contributed by atoms with Gasteiger partial charge in [-0.25, -0.2) is 0 Å². The Kier molecular flexibility index (Phi) is 6.09. The number of rotatable bonds is 6. The Bertz CT molecular complexity index is 352. The average molecular weight is 281 g/mol. The zero-order valence-electron chi connectivity index (χ0n) is 9.58. The lowest BCUT2D eigenvalue weighted by Gasteiger charge is -1.95. The molecule has 1 nitrogen and oxygen atoms in total. The molecule has 0 saturated carbocycles. The molecule has 0 heterocycles. The van der Waals surface area contributed by atoms with Crippen molar-refractivity contribution in [2.24, 2.45) is 0 Å². The van der Waals surface area contributed by atoms with Gasteiger partial charge in [0.2, 0.25) is 0 Å². The van der Waals surface area contributed by atoms with Gasteiger partial charge in [0.15, 0.2) is 5.78 Å². The second kappa shape index (κ2) is 7.39. The van der Waals surface area contributed by atoms with Crippen LogP contribution in [0, 0.1) is 0 Å². The molecule has 0 N–H and O–H groups in total. The highest BCUT2D eigenvalue weighted by molar-refractivity contribution is 9.10. The van der Waals surface area contributed by atoms with E-state index in [0.717, 1.165) is 29.3 Å². The highest BCUT2D eigenvalue weighted by Gasteiger charge is 1.96. The van der Waals surface area contributed by atoms with Crippen molar-refractivity contribution in [1.82, 2.24) is 0 Å². The molecule has 1 aromatic carbocycles. The van der Waals surface area contributed by atoms with Crippen LogP contribution in [-0.2, 0) is 4.79 Å². The van der Waals surface area contributed by atoms with Crippen molar-refractivity contribution in [2.75, 3.05) is 0 Å². The van der Waals surface area contributed by atoms with Gasteiger partial charge in [-0.1, -0.05) is 53.9 Å². The average Bonchev–Trinajstić information content (AvgIpc) is 2.29. The third-order valence-electron chi connectivity index (χ3n) is 2.36. The van der Waals surface area contributed by atoms with Gasteiger partial charge in [0.05, 0.1) is 0 Å². The molecule has 0 aliphatic rings. The summed E-state index contributed by atoms with van der Waals surface area (Å²) < 4.78 is 1.05. The van der Waals surface area contributed by atoms with Crippen LogP contribution in [-0.4, -0.2) is 5.78 Å². The molecule has 0 aromatic heterocycles. The molecular formula is C14H17BrO. The van der Waals surface area contributed by atoms with Crippen LogP contribution in [0.2, 0.25) is 0 Å². The van der Waals surface area contributed by atoms with Gasteiger partial charge in [-0.05, 0) is 30.2 Å². The van der Waals surface area contributed by atoms with Gasteiger partial charge >= 0.3 is 0 Å². The molecule has 0 radical (unpaired) electrons. The van der Waals surface area contributed by atoms with Crippen LogP contribution in [0.4, 0.5) is 0 Å². The molecule has 0 unspecified atom stereocenters. The summed E-state index contributed by atoms with van der Waals surface area (Å²) in [5.74, 6) is 0.219.